The molecule has 0 amide bonds. The van der Waals surface area contributed by atoms with Gasteiger partial charge in [-0.1, -0.05) is 29.3 Å². The number of halogens is 2. The van der Waals surface area contributed by atoms with Crippen molar-refractivity contribution in [1.82, 2.24) is 0 Å². The minimum Gasteiger partial charge on any atom is -0.346 e. The summed E-state index contributed by atoms with van der Waals surface area (Å²) in [7, 11) is 0. The van der Waals surface area contributed by atoms with Crippen molar-refractivity contribution in [3.8, 4) is 0 Å². The van der Waals surface area contributed by atoms with E-state index in [-0.39, 0.29) is 0 Å². The molecule has 2 nitrogen and oxygen atoms in total. The van der Waals surface area contributed by atoms with Crippen molar-refractivity contribution < 1.29 is 0 Å². The first-order valence-electron chi connectivity index (χ1n) is 4.47. The van der Waals surface area contributed by atoms with Crippen LogP contribution in [0.4, 0.5) is 11.4 Å². The summed E-state index contributed by atoms with van der Waals surface area (Å²) in [4.78, 5) is 4.23. The van der Waals surface area contributed by atoms with Crippen LogP contribution in [0, 0.1) is 0 Å². The van der Waals surface area contributed by atoms with E-state index in [9.17, 15) is 0 Å². The molecule has 0 radical (unpaired) electrons. The molecule has 74 valence electrons. The number of benzene rings is 2. The second-order valence-electron chi connectivity index (χ2n) is 3.32. The first-order chi connectivity index (χ1) is 7.27. The van der Waals surface area contributed by atoms with E-state index in [1.165, 1.54) is 0 Å². The van der Waals surface area contributed by atoms with Crippen LogP contribution in [0.3, 0.4) is 0 Å². The Hall–Kier alpha value is -1.25. The maximum Gasteiger partial charge on any atom is 0.0933 e. The third kappa shape index (κ3) is 1.22. The van der Waals surface area contributed by atoms with Crippen molar-refractivity contribution in [3.63, 3.8) is 0 Å². The molecule has 0 unspecified atom stereocenters. The van der Waals surface area contributed by atoms with Crippen LogP contribution >= 0.6 is 23.2 Å². The lowest BCUT2D eigenvalue weighted by Crippen LogP contribution is -2.00. The molecule has 3 rings (SSSR count). The molecule has 0 spiro atoms. The molecule has 1 heterocycles. The Labute approximate surface area is 96.5 Å². The second-order valence-corrected chi connectivity index (χ2v) is 4.13. The Bertz CT molecular complexity index is 591. The van der Waals surface area contributed by atoms with Crippen LogP contribution in [0.1, 0.15) is 0 Å². The van der Waals surface area contributed by atoms with E-state index in [2.05, 4.69) is 10.3 Å². The first-order valence-corrected chi connectivity index (χ1v) is 5.23. The van der Waals surface area contributed by atoms with Crippen LogP contribution < -0.4 is 5.32 Å². The van der Waals surface area contributed by atoms with Crippen LogP contribution in [-0.2, 0) is 0 Å². The SMILES string of the molecule is Clc1ccc2c(Cl)ccc3c2c1N=CN3. The normalized spacial score (nSPS) is 12.9. The molecule has 1 aliphatic rings. The van der Waals surface area contributed by atoms with Gasteiger partial charge in [0.1, 0.15) is 0 Å². The van der Waals surface area contributed by atoms with Gasteiger partial charge in [-0.3, -0.25) is 0 Å². The molecule has 0 saturated carbocycles. The van der Waals surface area contributed by atoms with Crippen molar-refractivity contribution in [2.45, 2.75) is 0 Å². The van der Waals surface area contributed by atoms with E-state index < -0.39 is 0 Å². The zero-order chi connectivity index (χ0) is 10.4. The van der Waals surface area contributed by atoms with Crippen LogP contribution in [0.2, 0.25) is 10.0 Å². The molecular formula is C11H6Cl2N2. The maximum absolute atomic E-state index is 6.11. The summed E-state index contributed by atoms with van der Waals surface area (Å²) in [5, 5.41) is 6.38. The zero-order valence-electron chi connectivity index (χ0n) is 7.59. The lowest BCUT2D eigenvalue weighted by Gasteiger charge is -2.14. The third-order valence-corrected chi connectivity index (χ3v) is 3.10. The molecule has 1 N–H and O–H groups in total. The summed E-state index contributed by atoms with van der Waals surface area (Å²) in [5.41, 5.74) is 1.77. The molecule has 0 fully saturated rings. The average Bonchev–Trinajstić information content (AvgIpc) is 2.26. The highest BCUT2D eigenvalue weighted by Gasteiger charge is 2.13. The monoisotopic (exact) mass is 236 g/mol. The van der Waals surface area contributed by atoms with E-state index in [1.807, 2.05) is 24.3 Å². The first kappa shape index (κ1) is 9.01. The van der Waals surface area contributed by atoms with Gasteiger partial charge in [0.25, 0.3) is 0 Å². The third-order valence-electron chi connectivity index (χ3n) is 2.47. The molecule has 0 bridgehead atoms. The maximum atomic E-state index is 6.11. The fourth-order valence-electron chi connectivity index (χ4n) is 1.78. The number of aliphatic imine (C=N–C) groups is 1. The van der Waals surface area contributed by atoms with Gasteiger partial charge in [0, 0.05) is 21.5 Å². The summed E-state index contributed by atoms with van der Waals surface area (Å²) in [6.07, 6.45) is 1.64. The molecule has 2 aromatic rings. The summed E-state index contributed by atoms with van der Waals surface area (Å²) in [6.45, 7) is 0. The van der Waals surface area contributed by atoms with Crippen molar-refractivity contribution in [2.24, 2.45) is 4.99 Å². The molecule has 1 aliphatic heterocycles. The Morgan fingerprint density at radius 2 is 1.80 bits per heavy atom. The van der Waals surface area contributed by atoms with Gasteiger partial charge < -0.3 is 5.32 Å². The molecule has 0 aliphatic carbocycles. The van der Waals surface area contributed by atoms with Crippen molar-refractivity contribution >= 4 is 51.7 Å². The number of hydrogen-bond acceptors (Lipinski definition) is 2. The van der Waals surface area contributed by atoms with Crippen molar-refractivity contribution in [1.29, 1.82) is 0 Å². The van der Waals surface area contributed by atoms with Crippen LogP contribution in [0.15, 0.2) is 29.3 Å². The Balaban J connectivity index is 2.57. The Kier molecular flexibility index (Phi) is 1.87. The van der Waals surface area contributed by atoms with E-state index in [1.54, 1.807) is 6.34 Å². The molecule has 15 heavy (non-hydrogen) atoms. The minimum atomic E-state index is 0.642. The average molecular weight is 237 g/mol. The Morgan fingerprint density at radius 1 is 1.00 bits per heavy atom. The predicted molar refractivity (Wildman–Crippen MR) is 65.7 cm³/mol. The van der Waals surface area contributed by atoms with Crippen molar-refractivity contribution in [2.75, 3.05) is 5.32 Å². The van der Waals surface area contributed by atoms with E-state index in [4.69, 9.17) is 23.2 Å². The van der Waals surface area contributed by atoms with Gasteiger partial charge in [-0.2, -0.15) is 0 Å². The summed E-state index contributed by atoms with van der Waals surface area (Å²) in [5.74, 6) is 0. The van der Waals surface area contributed by atoms with E-state index in [0.717, 1.165) is 22.1 Å². The lowest BCUT2D eigenvalue weighted by atomic mass is 10.1. The molecule has 0 saturated heterocycles. The fraction of sp³-hybridized carbons (Fsp3) is 0. The highest BCUT2D eigenvalue weighted by Crippen LogP contribution is 2.42. The van der Waals surface area contributed by atoms with Crippen molar-refractivity contribution in [3.05, 3.63) is 34.3 Å². The standard InChI is InChI=1S/C11H6Cl2N2/c12-7-3-4-9-10-6(7)1-2-8(13)11(10)15-5-14-9/h1-5H,(H,14,15). The van der Waals surface area contributed by atoms with Gasteiger partial charge in [-0.15, -0.1) is 0 Å². The number of hydrogen-bond donors (Lipinski definition) is 1. The smallest absolute Gasteiger partial charge is 0.0933 e. The summed E-state index contributed by atoms with van der Waals surface area (Å²) in [6, 6.07) is 7.52. The highest BCUT2D eigenvalue weighted by atomic mass is 35.5. The van der Waals surface area contributed by atoms with Gasteiger partial charge in [-0.05, 0) is 18.2 Å². The number of nitrogens with zero attached hydrogens (tertiary/aromatic N) is 1. The number of rotatable bonds is 0. The largest absolute Gasteiger partial charge is 0.346 e. The fourth-order valence-corrected chi connectivity index (χ4v) is 2.21. The van der Waals surface area contributed by atoms with E-state index in [0.29, 0.717) is 10.0 Å². The molecular weight excluding hydrogens is 231 g/mol. The number of anilines is 1. The lowest BCUT2D eigenvalue weighted by molar-refractivity contribution is 1.53. The minimum absolute atomic E-state index is 0.642. The molecule has 2 aromatic carbocycles. The topological polar surface area (TPSA) is 24.4 Å². The van der Waals surface area contributed by atoms with Gasteiger partial charge in [0.05, 0.1) is 17.0 Å². The Morgan fingerprint density at radius 3 is 2.67 bits per heavy atom. The second kappa shape index (κ2) is 3.12. The summed E-state index contributed by atoms with van der Waals surface area (Å²) >= 11 is 12.2. The summed E-state index contributed by atoms with van der Waals surface area (Å²) < 4.78 is 0. The molecule has 0 aromatic heterocycles. The zero-order valence-corrected chi connectivity index (χ0v) is 9.10. The number of nitrogens with one attached hydrogen (secondary N) is 1. The van der Waals surface area contributed by atoms with Crippen LogP contribution in [-0.4, -0.2) is 6.34 Å². The van der Waals surface area contributed by atoms with Gasteiger partial charge in [-0.25, -0.2) is 4.99 Å². The van der Waals surface area contributed by atoms with Crippen LogP contribution in [0.25, 0.3) is 10.8 Å². The highest BCUT2D eigenvalue weighted by molar-refractivity contribution is 6.39. The van der Waals surface area contributed by atoms with E-state index >= 15 is 0 Å². The predicted octanol–water partition coefficient (Wildman–Crippen LogP) is 4.23. The van der Waals surface area contributed by atoms with Gasteiger partial charge in [0.2, 0.25) is 0 Å². The van der Waals surface area contributed by atoms with Gasteiger partial charge in [0.15, 0.2) is 0 Å². The van der Waals surface area contributed by atoms with Gasteiger partial charge >= 0.3 is 0 Å². The quantitative estimate of drug-likeness (QED) is 0.728. The molecule has 4 heteroatoms. The van der Waals surface area contributed by atoms with Crippen LogP contribution in [0.5, 0.6) is 0 Å². The molecule has 0 atom stereocenters.